The van der Waals surface area contributed by atoms with Gasteiger partial charge in [-0.05, 0) is 18.6 Å². The first-order valence-corrected chi connectivity index (χ1v) is 7.94. The minimum Gasteiger partial charge on any atom is -0.421 e. The second-order valence-electron chi connectivity index (χ2n) is 5.94. The molecular formula is C17H20N4O3. The Kier molecular flexibility index (Phi) is 4.59. The second-order valence-corrected chi connectivity index (χ2v) is 5.94. The molecule has 2 amide bonds. The minimum absolute atomic E-state index is 0.00463. The molecule has 1 aliphatic rings. The fourth-order valence-corrected chi connectivity index (χ4v) is 2.78. The van der Waals surface area contributed by atoms with Crippen molar-refractivity contribution in [1.29, 1.82) is 0 Å². The minimum atomic E-state index is -0.356. The molecule has 0 aliphatic carbocycles. The summed E-state index contributed by atoms with van der Waals surface area (Å²) in [5.74, 6) is 0.766. The molecule has 0 spiro atoms. The van der Waals surface area contributed by atoms with E-state index in [1.807, 2.05) is 30.3 Å². The molecule has 1 fully saturated rings. The Bertz CT molecular complexity index is 728. The molecule has 0 saturated carbocycles. The lowest BCUT2D eigenvalue weighted by Gasteiger charge is -2.22. The monoisotopic (exact) mass is 328 g/mol. The van der Waals surface area contributed by atoms with Crippen LogP contribution in [0.25, 0.3) is 11.5 Å². The Morgan fingerprint density at radius 2 is 2.08 bits per heavy atom. The summed E-state index contributed by atoms with van der Waals surface area (Å²) in [6.07, 6.45) is 1.27. The van der Waals surface area contributed by atoms with Crippen molar-refractivity contribution in [2.24, 2.45) is 0 Å². The van der Waals surface area contributed by atoms with Gasteiger partial charge in [0.25, 0.3) is 0 Å². The number of hydrogen-bond acceptors (Lipinski definition) is 5. The topological polar surface area (TPSA) is 79.5 Å². The smallest absolute Gasteiger partial charge is 0.247 e. The molecule has 0 bridgehead atoms. The highest BCUT2D eigenvalue weighted by Crippen LogP contribution is 2.19. The number of benzene rings is 1. The molecule has 24 heavy (non-hydrogen) atoms. The maximum Gasteiger partial charge on any atom is 0.247 e. The first kappa shape index (κ1) is 16.2. The summed E-state index contributed by atoms with van der Waals surface area (Å²) in [5, 5.41) is 7.99. The van der Waals surface area contributed by atoms with Crippen LogP contribution >= 0.6 is 0 Å². The fourth-order valence-electron chi connectivity index (χ4n) is 2.78. The van der Waals surface area contributed by atoms with Crippen molar-refractivity contribution < 1.29 is 14.0 Å². The molecular weight excluding hydrogens is 308 g/mol. The van der Waals surface area contributed by atoms with Gasteiger partial charge in [0, 0.05) is 39.0 Å². The fraction of sp³-hybridized carbons (Fsp3) is 0.412. The number of likely N-dealkylation sites (N-methyl/N-ethyl adjacent to an activating group) is 2. The van der Waals surface area contributed by atoms with Crippen LogP contribution in [0.15, 0.2) is 34.7 Å². The van der Waals surface area contributed by atoms with Crippen LogP contribution in [0.3, 0.4) is 0 Å². The largest absolute Gasteiger partial charge is 0.421 e. The summed E-state index contributed by atoms with van der Waals surface area (Å²) >= 11 is 0. The lowest BCUT2D eigenvalue weighted by Crippen LogP contribution is -2.42. The second kappa shape index (κ2) is 6.82. The summed E-state index contributed by atoms with van der Waals surface area (Å²) in [6, 6.07) is 9.12. The molecule has 2 aromatic rings. The SMILES string of the molecule is CN1CCC(N(C)C(=O)CCc2nnc(-c3ccccc3)o2)C1=O. The van der Waals surface area contributed by atoms with E-state index < -0.39 is 0 Å². The lowest BCUT2D eigenvalue weighted by atomic mass is 10.2. The highest BCUT2D eigenvalue weighted by molar-refractivity contribution is 5.88. The van der Waals surface area contributed by atoms with Crippen LogP contribution < -0.4 is 0 Å². The first-order chi connectivity index (χ1) is 11.6. The summed E-state index contributed by atoms with van der Waals surface area (Å²) in [7, 11) is 3.43. The molecule has 3 rings (SSSR count). The van der Waals surface area contributed by atoms with E-state index in [1.54, 1.807) is 19.0 Å². The Hall–Kier alpha value is -2.70. The summed E-state index contributed by atoms with van der Waals surface area (Å²) in [5.41, 5.74) is 0.847. The van der Waals surface area contributed by atoms with Gasteiger partial charge in [-0.3, -0.25) is 9.59 Å². The molecule has 1 aromatic heterocycles. The Morgan fingerprint density at radius 1 is 1.33 bits per heavy atom. The van der Waals surface area contributed by atoms with Crippen LogP contribution in [0.1, 0.15) is 18.7 Å². The van der Waals surface area contributed by atoms with E-state index >= 15 is 0 Å². The molecule has 1 aromatic carbocycles. The number of carbonyl (C=O) groups excluding carboxylic acids is 2. The van der Waals surface area contributed by atoms with Gasteiger partial charge in [-0.2, -0.15) is 0 Å². The quantitative estimate of drug-likeness (QED) is 0.828. The standard InChI is InChI=1S/C17H20N4O3/c1-20-11-10-13(17(20)23)21(2)15(22)9-8-14-18-19-16(24-14)12-6-4-3-5-7-12/h3-7,13H,8-11H2,1-2H3. The normalized spacial score (nSPS) is 17.3. The van der Waals surface area contributed by atoms with Gasteiger partial charge in [0.15, 0.2) is 0 Å². The lowest BCUT2D eigenvalue weighted by molar-refractivity contribution is -0.140. The van der Waals surface area contributed by atoms with Crippen LogP contribution in [0, 0.1) is 0 Å². The molecule has 7 nitrogen and oxygen atoms in total. The van der Waals surface area contributed by atoms with Gasteiger partial charge in [0.05, 0.1) is 0 Å². The summed E-state index contributed by atoms with van der Waals surface area (Å²) in [6.45, 7) is 0.686. The molecule has 0 N–H and O–H groups in total. The van der Waals surface area contributed by atoms with Gasteiger partial charge in [0.2, 0.25) is 23.6 Å². The number of hydrogen-bond donors (Lipinski definition) is 0. The third-order valence-electron chi connectivity index (χ3n) is 4.30. The third-order valence-corrected chi connectivity index (χ3v) is 4.30. The maximum atomic E-state index is 12.3. The van der Waals surface area contributed by atoms with Crippen molar-refractivity contribution in [3.8, 4) is 11.5 Å². The van der Waals surface area contributed by atoms with Crippen molar-refractivity contribution in [1.82, 2.24) is 20.0 Å². The summed E-state index contributed by atoms with van der Waals surface area (Å²) in [4.78, 5) is 27.5. The Labute approximate surface area is 140 Å². The van der Waals surface area contributed by atoms with Crippen LogP contribution in [-0.4, -0.2) is 58.5 Å². The molecule has 0 radical (unpaired) electrons. The van der Waals surface area contributed by atoms with Crippen molar-refractivity contribution in [3.05, 3.63) is 36.2 Å². The number of aryl methyl sites for hydroxylation is 1. The Balaban J connectivity index is 1.57. The van der Waals surface area contributed by atoms with Gasteiger partial charge >= 0.3 is 0 Å². The van der Waals surface area contributed by atoms with Gasteiger partial charge < -0.3 is 14.2 Å². The van der Waals surface area contributed by atoms with Gasteiger partial charge in [-0.15, -0.1) is 10.2 Å². The molecule has 1 saturated heterocycles. The molecule has 7 heteroatoms. The Morgan fingerprint density at radius 3 is 2.75 bits per heavy atom. The van der Waals surface area contributed by atoms with Crippen LogP contribution in [0.4, 0.5) is 0 Å². The predicted octanol–water partition coefficient (Wildman–Crippen LogP) is 1.36. The van der Waals surface area contributed by atoms with Gasteiger partial charge in [-0.25, -0.2) is 0 Å². The maximum absolute atomic E-state index is 12.3. The van der Waals surface area contributed by atoms with Gasteiger partial charge in [0.1, 0.15) is 6.04 Å². The van der Waals surface area contributed by atoms with Crippen molar-refractivity contribution in [2.45, 2.75) is 25.3 Å². The number of nitrogens with zero attached hydrogens (tertiary/aromatic N) is 4. The first-order valence-electron chi connectivity index (χ1n) is 7.94. The van der Waals surface area contributed by atoms with Crippen LogP contribution in [0.2, 0.25) is 0 Å². The van der Waals surface area contributed by atoms with Crippen LogP contribution in [0.5, 0.6) is 0 Å². The van der Waals surface area contributed by atoms with Crippen LogP contribution in [-0.2, 0) is 16.0 Å². The highest BCUT2D eigenvalue weighted by atomic mass is 16.4. The zero-order valence-electron chi connectivity index (χ0n) is 13.8. The van der Waals surface area contributed by atoms with E-state index in [2.05, 4.69) is 10.2 Å². The zero-order chi connectivity index (χ0) is 17.1. The third kappa shape index (κ3) is 3.29. The molecule has 1 unspecified atom stereocenters. The summed E-state index contributed by atoms with van der Waals surface area (Å²) < 4.78 is 5.60. The number of carbonyl (C=O) groups is 2. The number of amides is 2. The number of rotatable bonds is 5. The number of likely N-dealkylation sites (tertiary alicyclic amines) is 1. The molecule has 2 heterocycles. The average molecular weight is 328 g/mol. The van der Waals surface area contributed by atoms with Crippen molar-refractivity contribution in [3.63, 3.8) is 0 Å². The van der Waals surface area contributed by atoms with E-state index in [-0.39, 0.29) is 24.3 Å². The van der Waals surface area contributed by atoms with E-state index in [4.69, 9.17) is 4.42 Å². The van der Waals surface area contributed by atoms with Gasteiger partial charge in [-0.1, -0.05) is 18.2 Å². The predicted molar refractivity (Wildman–Crippen MR) is 86.9 cm³/mol. The molecule has 126 valence electrons. The van der Waals surface area contributed by atoms with Crippen molar-refractivity contribution in [2.75, 3.05) is 20.6 Å². The molecule has 1 atom stereocenters. The number of aromatic nitrogens is 2. The van der Waals surface area contributed by atoms with E-state index in [0.29, 0.717) is 31.2 Å². The molecule has 1 aliphatic heterocycles. The highest BCUT2D eigenvalue weighted by Gasteiger charge is 2.34. The van der Waals surface area contributed by atoms with E-state index in [1.165, 1.54) is 4.90 Å². The van der Waals surface area contributed by atoms with Crippen molar-refractivity contribution >= 4 is 11.8 Å². The van der Waals surface area contributed by atoms with E-state index in [0.717, 1.165) is 5.56 Å². The van der Waals surface area contributed by atoms with E-state index in [9.17, 15) is 9.59 Å². The zero-order valence-corrected chi connectivity index (χ0v) is 13.8. The average Bonchev–Trinajstić information content (AvgIpc) is 3.21.